The van der Waals surface area contributed by atoms with Crippen LogP contribution >= 0.6 is 34.7 Å². The van der Waals surface area contributed by atoms with Crippen molar-refractivity contribution in [2.45, 2.75) is 36.4 Å². The number of benzene rings is 2. The number of aromatic nitrogens is 2. The molecule has 11 nitrogen and oxygen atoms in total. The number of allylic oxidation sites excluding steroid dienone is 3. The molecule has 2 aromatic carbocycles. The van der Waals surface area contributed by atoms with Gasteiger partial charge in [0.15, 0.2) is 10.1 Å². The van der Waals surface area contributed by atoms with Gasteiger partial charge in [0.2, 0.25) is 11.0 Å². The second-order valence-corrected chi connectivity index (χ2v) is 11.9. The maximum Gasteiger partial charge on any atom is 0.274 e. The minimum absolute atomic E-state index is 0.0217. The second-order valence-electron chi connectivity index (χ2n) is 9.28. The van der Waals surface area contributed by atoms with E-state index in [0.717, 1.165) is 11.8 Å². The number of carbonyl (C=O) groups is 2. The highest BCUT2D eigenvalue weighted by Gasteiger charge is 2.41. The van der Waals surface area contributed by atoms with E-state index in [2.05, 4.69) is 21.6 Å². The van der Waals surface area contributed by atoms with Crippen molar-refractivity contribution in [3.05, 3.63) is 91.4 Å². The van der Waals surface area contributed by atoms with Gasteiger partial charge in [0.1, 0.15) is 5.82 Å². The summed E-state index contributed by atoms with van der Waals surface area (Å²) in [7, 11) is 0. The molecule has 41 heavy (non-hydrogen) atoms. The maximum absolute atomic E-state index is 13.3. The fourth-order valence-electron chi connectivity index (χ4n) is 4.88. The van der Waals surface area contributed by atoms with Crippen LogP contribution in [0.4, 0.5) is 16.5 Å². The molecule has 0 saturated carbocycles. The fraction of sp³-hybridized carbons (Fsp3) is 0.222. The summed E-state index contributed by atoms with van der Waals surface area (Å²) in [4.78, 5) is 38.1. The van der Waals surface area contributed by atoms with E-state index >= 15 is 0 Å². The van der Waals surface area contributed by atoms with E-state index in [1.807, 2.05) is 0 Å². The lowest BCUT2D eigenvalue weighted by Crippen LogP contribution is -2.38. The van der Waals surface area contributed by atoms with E-state index in [1.165, 1.54) is 17.4 Å². The molecule has 208 valence electrons. The van der Waals surface area contributed by atoms with E-state index in [9.17, 15) is 25.0 Å². The SMILES string of the molecule is Cc1ccc(NC(=O)CSc2nnc(N3C(N)=C(C#N)C(c4ccccc4Cl)C4=C3CCCC4=O)s2)cc1[N+](=O)[O-]. The number of hydrogen-bond donors (Lipinski definition) is 2. The first-order valence-corrected chi connectivity index (χ1v) is 14.6. The number of nitrogens with two attached hydrogens (primary N) is 1. The van der Waals surface area contributed by atoms with Gasteiger partial charge in [-0.3, -0.25) is 24.6 Å². The summed E-state index contributed by atoms with van der Waals surface area (Å²) in [5.74, 6) is -1.01. The first kappa shape index (κ1) is 28.3. The van der Waals surface area contributed by atoms with Crippen LogP contribution < -0.4 is 16.0 Å². The van der Waals surface area contributed by atoms with E-state index in [4.69, 9.17) is 17.3 Å². The molecule has 14 heteroatoms. The number of hydrogen-bond acceptors (Lipinski definition) is 11. The molecule has 0 radical (unpaired) electrons. The van der Waals surface area contributed by atoms with Crippen molar-refractivity contribution in [2.75, 3.05) is 16.0 Å². The van der Waals surface area contributed by atoms with Crippen LogP contribution in [0.5, 0.6) is 0 Å². The molecule has 1 atom stereocenters. The standard InChI is InChI=1S/C27H22ClN7O4S2/c1-14-9-10-15(11-20(14)35(38)39)31-22(37)13-40-27-33-32-26(41-27)34-19-7-4-8-21(36)24(19)23(17(12-29)25(34)30)16-5-2-3-6-18(16)28/h2-3,5-6,9-11,23H,4,7-8,13,30H2,1H3,(H,31,37). The third kappa shape index (κ3) is 5.54. The average Bonchev–Trinajstić information content (AvgIpc) is 3.41. The number of nitro groups is 1. The molecule has 2 aliphatic rings. The molecule has 1 amide bonds. The normalized spacial score (nSPS) is 16.9. The van der Waals surface area contributed by atoms with Crippen LogP contribution in [0.25, 0.3) is 0 Å². The average molecular weight is 608 g/mol. The molecular weight excluding hydrogens is 586 g/mol. The van der Waals surface area contributed by atoms with Gasteiger partial charge in [-0.05, 0) is 37.5 Å². The maximum atomic E-state index is 13.3. The van der Waals surface area contributed by atoms with Crippen molar-refractivity contribution >= 4 is 62.9 Å². The Kier molecular flexibility index (Phi) is 8.07. The lowest BCUT2D eigenvalue weighted by molar-refractivity contribution is -0.385. The van der Waals surface area contributed by atoms with E-state index < -0.39 is 10.8 Å². The predicted molar refractivity (Wildman–Crippen MR) is 156 cm³/mol. The molecule has 3 N–H and O–H groups in total. The van der Waals surface area contributed by atoms with E-state index in [1.54, 1.807) is 48.2 Å². The van der Waals surface area contributed by atoms with Crippen LogP contribution in [-0.2, 0) is 9.59 Å². The number of nitro benzene ring substituents is 1. The molecule has 5 rings (SSSR count). The topological polar surface area (TPSA) is 168 Å². The number of halogens is 1. The zero-order valence-electron chi connectivity index (χ0n) is 21.6. The number of Topliss-reactive ketones (excluding diaryl/α,β-unsaturated/α-hetero) is 1. The van der Waals surface area contributed by atoms with Gasteiger partial charge in [-0.15, -0.1) is 10.2 Å². The Bertz CT molecular complexity index is 1690. The molecule has 0 bridgehead atoms. The van der Waals surface area contributed by atoms with E-state index in [-0.39, 0.29) is 34.5 Å². The Labute approximate surface area is 247 Å². The second kappa shape index (κ2) is 11.7. The van der Waals surface area contributed by atoms with Gasteiger partial charge >= 0.3 is 0 Å². The van der Waals surface area contributed by atoms with Crippen LogP contribution in [0.1, 0.15) is 36.3 Å². The molecule has 1 unspecified atom stereocenters. The quantitative estimate of drug-likeness (QED) is 0.200. The van der Waals surface area contributed by atoms with Crippen LogP contribution in [0, 0.1) is 28.4 Å². The van der Waals surface area contributed by atoms with Crippen LogP contribution in [0.2, 0.25) is 5.02 Å². The molecule has 0 spiro atoms. The molecular formula is C27H22ClN7O4S2. The zero-order valence-corrected chi connectivity index (χ0v) is 24.0. The zero-order chi connectivity index (χ0) is 29.3. The van der Waals surface area contributed by atoms with Crippen LogP contribution in [0.3, 0.4) is 0 Å². The summed E-state index contributed by atoms with van der Waals surface area (Å²) in [5.41, 5.74) is 9.27. The molecule has 0 saturated heterocycles. The van der Waals surface area contributed by atoms with Crippen molar-refractivity contribution in [1.82, 2.24) is 10.2 Å². The highest BCUT2D eigenvalue weighted by atomic mass is 35.5. The Morgan fingerprint density at radius 2 is 2.10 bits per heavy atom. The highest BCUT2D eigenvalue weighted by molar-refractivity contribution is 8.01. The Morgan fingerprint density at radius 1 is 1.32 bits per heavy atom. The number of nitrogens with one attached hydrogen (secondary N) is 1. The number of nitrogens with zero attached hydrogens (tertiary/aromatic N) is 5. The largest absolute Gasteiger partial charge is 0.384 e. The summed E-state index contributed by atoms with van der Waals surface area (Å²) < 4.78 is 0.467. The third-order valence-corrected chi connectivity index (χ3v) is 9.12. The number of anilines is 2. The summed E-state index contributed by atoms with van der Waals surface area (Å²) in [6.07, 6.45) is 1.52. The smallest absolute Gasteiger partial charge is 0.274 e. The van der Waals surface area contributed by atoms with Crippen LogP contribution in [-0.4, -0.2) is 32.6 Å². The van der Waals surface area contributed by atoms with Gasteiger partial charge in [-0.1, -0.05) is 59.0 Å². The van der Waals surface area contributed by atoms with Crippen molar-refractivity contribution in [2.24, 2.45) is 5.73 Å². The van der Waals surface area contributed by atoms with Crippen molar-refractivity contribution in [3.63, 3.8) is 0 Å². The van der Waals surface area contributed by atoms with Gasteiger partial charge in [-0.2, -0.15) is 5.26 Å². The van der Waals surface area contributed by atoms with Gasteiger partial charge in [0.05, 0.1) is 28.2 Å². The Hall–Kier alpha value is -4.25. The minimum atomic E-state index is -0.684. The Morgan fingerprint density at radius 3 is 2.83 bits per heavy atom. The van der Waals surface area contributed by atoms with Gasteiger partial charge in [0, 0.05) is 40.0 Å². The number of aryl methyl sites for hydroxylation is 1. The first-order valence-electron chi connectivity index (χ1n) is 12.4. The van der Waals surface area contributed by atoms with Crippen molar-refractivity contribution < 1.29 is 14.5 Å². The summed E-state index contributed by atoms with van der Waals surface area (Å²) in [6.45, 7) is 1.62. The van der Waals surface area contributed by atoms with E-state index in [0.29, 0.717) is 61.8 Å². The lowest BCUT2D eigenvalue weighted by atomic mass is 9.76. The lowest BCUT2D eigenvalue weighted by Gasteiger charge is -2.38. The number of carbonyl (C=O) groups excluding carboxylic acids is 2. The van der Waals surface area contributed by atoms with Crippen molar-refractivity contribution in [1.29, 1.82) is 5.26 Å². The molecule has 1 aliphatic heterocycles. The van der Waals surface area contributed by atoms with Gasteiger partial charge in [0.25, 0.3) is 5.69 Å². The number of thioether (sulfide) groups is 1. The molecule has 0 fully saturated rings. The predicted octanol–water partition coefficient (Wildman–Crippen LogP) is 5.44. The molecule has 1 aromatic heterocycles. The summed E-state index contributed by atoms with van der Waals surface area (Å²) in [6, 6.07) is 13.8. The Balaban J connectivity index is 1.39. The van der Waals surface area contributed by atoms with Crippen LogP contribution in [0.15, 0.2) is 69.5 Å². The minimum Gasteiger partial charge on any atom is -0.384 e. The molecule has 3 aromatic rings. The first-order chi connectivity index (χ1) is 19.7. The van der Waals surface area contributed by atoms with Gasteiger partial charge in [-0.25, -0.2) is 0 Å². The third-order valence-electron chi connectivity index (χ3n) is 6.73. The number of nitriles is 1. The monoisotopic (exact) mass is 607 g/mol. The number of rotatable bonds is 7. The van der Waals surface area contributed by atoms with Crippen molar-refractivity contribution in [3.8, 4) is 6.07 Å². The number of amides is 1. The fourth-order valence-corrected chi connectivity index (χ4v) is 6.81. The number of ketones is 1. The summed E-state index contributed by atoms with van der Waals surface area (Å²) in [5, 5.41) is 33.2. The highest BCUT2D eigenvalue weighted by Crippen LogP contribution is 2.48. The van der Waals surface area contributed by atoms with Gasteiger partial charge < -0.3 is 11.1 Å². The summed E-state index contributed by atoms with van der Waals surface area (Å²) >= 11 is 8.80. The molecule has 2 heterocycles. The molecule has 1 aliphatic carbocycles.